The molecule has 1 aromatic heterocycles. The fourth-order valence-corrected chi connectivity index (χ4v) is 2.22. The van der Waals surface area contributed by atoms with Crippen molar-refractivity contribution in [2.24, 2.45) is 0 Å². The van der Waals surface area contributed by atoms with Crippen LogP contribution in [0.3, 0.4) is 0 Å². The van der Waals surface area contributed by atoms with Gasteiger partial charge in [0.05, 0.1) is 28.7 Å². The quantitative estimate of drug-likeness (QED) is 0.822. The van der Waals surface area contributed by atoms with Gasteiger partial charge >= 0.3 is 6.18 Å². The maximum absolute atomic E-state index is 12.8. The van der Waals surface area contributed by atoms with Gasteiger partial charge in [-0.3, -0.25) is 4.79 Å². The van der Waals surface area contributed by atoms with Crippen molar-refractivity contribution in [2.45, 2.75) is 19.5 Å². The third kappa shape index (κ3) is 4.14. The van der Waals surface area contributed by atoms with E-state index in [-0.39, 0.29) is 11.6 Å². The van der Waals surface area contributed by atoms with Gasteiger partial charge in [-0.2, -0.15) is 18.3 Å². The number of hydrogen-bond donors (Lipinski definition) is 1. The zero-order valence-electron chi connectivity index (χ0n) is 13.4. The molecule has 0 aliphatic heterocycles. The molecule has 0 saturated heterocycles. The molecule has 0 radical (unpaired) electrons. The van der Waals surface area contributed by atoms with E-state index in [1.807, 2.05) is 0 Å². The molecule has 24 heavy (non-hydrogen) atoms. The van der Waals surface area contributed by atoms with Gasteiger partial charge in [0.2, 0.25) is 0 Å². The number of carbonyl (C=O) groups is 1. The van der Waals surface area contributed by atoms with Crippen molar-refractivity contribution in [3.63, 3.8) is 0 Å². The van der Waals surface area contributed by atoms with E-state index in [0.717, 1.165) is 12.1 Å². The second kappa shape index (κ2) is 7.48. The standard InChI is InChI=1S/C16H18F3N3O2/c1-11-14(15(23)20-7-4-8-24-2)10-21-22(11)13-6-3-5-12(9-13)16(17,18)19/h3,5-6,9-10H,4,7-8H2,1-2H3,(H,20,23). The van der Waals surface area contributed by atoms with Crippen molar-refractivity contribution in [2.75, 3.05) is 20.3 Å². The van der Waals surface area contributed by atoms with E-state index in [0.29, 0.717) is 30.8 Å². The maximum atomic E-state index is 12.8. The molecule has 0 saturated carbocycles. The summed E-state index contributed by atoms with van der Waals surface area (Å²) in [4.78, 5) is 12.1. The Morgan fingerprint density at radius 3 is 2.79 bits per heavy atom. The molecule has 0 bridgehead atoms. The van der Waals surface area contributed by atoms with E-state index in [4.69, 9.17) is 4.74 Å². The highest BCUT2D eigenvalue weighted by Gasteiger charge is 2.30. The van der Waals surface area contributed by atoms with E-state index in [9.17, 15) is 18.0 Å². The molecule has 0 atom stereocenters. The number of halogens is 3. The predicted molar refractivity (Wildman–Crippen MR) is 82.1 cm³/mol. The highest BCUT2D eigenvalue weighted by Crippen LogP contribution is 2.30. The molecule has 2 rings (SSSR count). The second-order valence-electron chi connectivity index (χ2n) is 5.21. The molecule has 0 fully saturated rings. The molecule has 1 aromatic carbocycles. The van der Waals surface area contributed by atoms with Gasteiger partial charge in [0.1, 0.15) is 0 Å². The van der Waals surface area contributed by atoms with E-state index in [1.54, 1.807) is 14.0 Å². The van der Waals surface area contributed by atoms with Crippen molar-refractivity contribution in [1.29, 1.82) is 0 Å². The number of ether oxygens (including phenoxy) is 1. The molecule has 0 aliphatic rings. The first kappa shape index (κ1) is 18.0. The number of hydrogen-bond acceptors (Lipinski definition) is 3. The summed E-state index contributed by atoms with van der Waals surface area (Å²) in [7, 11) is 1.57. The van der Waals surface area contributed by atoms with Gasteiger partial charge in [-0.1, -0.05) is 6.07 Å². The zero-order chi connectivity index (χ0) is 17.7. The summed E-state index contributed by atoms with van der Waals surface area (Å²) in [6, 6.07) is 4.81. The number of amides is 1. The Hall–Kier alpha value is -2.35. The predicted octanol–water partition coefficient (Wildman–Crippen LogP) is 2.97. The van der Waals surface area contributed by atoms with Crippen LogP contribution in [0.2, 0.25) is 0 Å². The Bertz CT molecular complexity index is 711. The first-order valence-electron chi connectivity index (χ1n) is 7.34. The second-order valence-corrected chi connectivity index (χ2v) is 5.21. The number of benzene rings is 1. The minimum atomic E-state index is -4.43. The number of alkyl halides is 3. The average Bonchev–Trinajstić information content (AvgIpc) is 2.92. The number of carbonyl (C=O) groups excluding carboxylic acids is 1. The number of nitrogens with one attached hydrogen (secondary N) is 1. The Kier molecular flexibility index (Phi) is 5.61. The van der Waals surface area contributed by atoms with Gasteiger partial charge in [0.25, 0.3) is 5.91 Å². The van der Waals surface area contributed by atoms with Gasteiger partial charge in [-0.25, -0.2) is 4.68 Å². The average molecular weight is 341 g/mol. The Balaban J connectivity index is 2.19. The summed E-state index contributed by atoms with van der Waals surface area (Å²) in [5.41, 5.74) is 0.282. The lowest BCUT2D eigenvalue weighted by Gasteiger charge is -2.10. The van der Waals surface area contributed by atoms with E-state index >= 15 is 0 Å². The summed E-state index contributed by atoms with van der Waals surface area (Å²) < 4.78 is 44.7. The van der Waals surface area contributed by atoms with Crippen LogP contribution in [0.4, 0.5) is 13.2 Å². The van der Waals surface area contributed by atoms with Crippen LogP contribution >= 0.6 is 0 Å². The molecule has 0 unspecified atom stereocenters. The van der Waals surface area contributed by atoms with Crippen LogP contribution in [0, 0.1) is 6.92 Å². The van der Waals surface area contributed by atoms with Crippen LogP contribution in [0.25, 0.3) is 5.69 Å². The topological polar surface area (TPSA) is 56.1 Å². The molecule has 130 valence electrons. The fourth-order valence-electron chi connectivity index (χ4n) is 2.22. The normalized spacial score (nSPS) is 11.5. The van der Waals surface area contributed by atoms with Crippen molar-refractivity contribution in [3.05, 3.63) is 47.3 Å². The number of methoxy groups -OCH3 is 1. The number of rotatable bonds is 6. The monoisotopic (exact) mass is 341 g/mol. The van der Waals surface area contributed by atoms with Crippen LogP contribution in [-0.4, -0.2) is 35.9 Å². The summed E-state index contributed by atoms with van der Waals surface area (Å²) in [6.45, 7) is 2.61. The van der Waals surface area contributed by atoms with Crippen molar-refractivity contribution < 1.29 is 22.7 Å². The fraction of sp³-hybridized carbons (Fsp3) is 0.375. The largest absolute Gasteiger partial charge is 0.416 e. The third-order valence-corrected chi connectivity index (χ3v) is 3.48. The first-order valence-corrected chi connectivity index (χ1v) is 7.34. The highest BCUT2D eigenvalue weighted by atomic mass is 19.4. The Labute approximate surface area is 137 Å². The smallest absolute Gasteiger partial charge is 0.385 e. The molecule has 8 heteroatoms. The van der Waals surface area contributed by atoms with Crippen LogP contribution < -0.4 is 5.32 Å². The summed E-state index contributed by atoms with van der Waals surface area (Å²) >= 11 is 0. The minimum absolute atomic E-state index is 0.251. The SMILES string of the molecule is COCCCNC(=O)c1cnn(-c2cccc(C(F)(F)F)c2)c1C. The zero-order valence-corrected chi connectivity index (χ0v) is 13.4. The maximum Gasteiger partial charge on any atom is 0.416 e. The summed E-state index contributed by atoms with van der Waals surface area (Å²) in [5, 5.41) is 6.76. The number of nitrogens with zero attached hydrogens (tertiary/aromatic N) is 2. The Morgan fingerprint density at radius 1 is 1.38 bits per heavy atom. The first-order chi connectivity index (χ1) is 11.3. The van der Waals surface area contributed by atoms with E-state index in [2.05, 4.69) is 10.4 Å². The summed E-state index contributed by atoms with van der Waals surface area (Å²) in [6.07, 6.45) is -2.41. The molecule has 5 nitrogen and oxygen atoms in total. The minimum Gasteiger partial charge on any atom is -0.385 e. The lowest BCUT2D eigenvalue weighted by molar-refractivity contribution is -0.137. The van der Waals surface area contributed by atoms with Crippen molar-refractivity contribution in [1.82, 2.24) is 15.1 Å². The molecule has 0 spiro atoms. The van der Waals surface area contributed by atoms with Gasteiger partial charge in [0.15, 0.2) is 0 Å². The van der Waals surface area contributed by atoms with Crippen molar-refractivity contribution >= 4 is 5.91 Å². The van der Waals surface area contributed by atoms with Gasteiger partial charge < -0.3 is 10.1 Å². The third-order valence-electron chi connectivity index (χ3n) is 3.48. The highest BCUT2D eigenvalue weighted by molar-refractivity contribution is 5.95. The lowest BCUT2D eigenvalue weighted by atomic mass is 10.2. The van der Waals surface area contributed by atoms with Crippen LogP contribution in [-0.2, 0) is 10.9 Å². The molecular weight excluding hydrogens is 323 g/mol. The molecule has 0 aliphatic carbocycles. The van der Waals surface area contributed by atoms with Crippen LogP contribution in [0.5, 0.6) is 0 Å². The van der Waals surface area contributed by atoms with E-state index < -0.39 is 11.7 Å². The van der Waals surface area contributed by atoms with Gasteiger partial charge in [-0.05, 0) is 31.5 Å². The van der Waals surface area contributed by atoms with Crippen LogP contribution in [0.15, 0.2) is 30.5 Å². The molecule has 2 aromatic rings. The summed E-state index contributed by atoms with van der Waals surface area (Å²) in [5.74, 6) is -0.318. The van der Waals surface area contributed by atoms with Crippen LogP contribution in [0.1, 0.15) is 28.0 Å². The van der Waals surface area contributed by atoms with Gasteiger partial charge in [-0.15, -0.1) is 0 Å². The van der Waals surface area contributed by atoms with Crippen molar-refractivity contribution in [3.8, 4) is 5.69 Å². The molecule has 1 heterocycles. The molecular formula is C16H18F3N3O2. The van der Waals surface area contributed by atoms with Gasteiger partial charge in [0, 0.05) is 20.3 Å². The number of aromatic nitrogens is 2. The molecule has 1 amide bonds. The molecule has 1 N–H and O–H groups in total. The van der Waals surface area contributed by atoms with E-state index in [1.165, 1.54) is 23.0 Å². The lowest BCUT2D eigenvalue weighted by Crippen LogP contribution is -2.25. The Morgan fingerprint density at radius 2 is 2.12 bits per heavy atom.